The number of aliphatic imine (C=N–C) groups is 1. The lowest BCUT2D eigenvalue weighted by atomic mass is 10.1. The van der Waals surface area contributed by atoms with Crippen LogP contribution in [0, 0.1) is 6.92 Å². The van der Waals surface area contributed by atoms with Crippen LogP contribution in [0.1, 0.15) is 31.0 Å². The number of benzene rings is 1. The van der Waals surface area contributed by atoms with E-state index in [0.29, 0.717) is 6.61 Å². The number of esters is 1. The summed E-state index contributed by atoms with van der Waals surface area (Å²) < 4.78 is 4.76. The van der Waals surface area contributed by atoms with E-state index in [0.717, 1.165) is 5.56 Å². The van der Waals surface area contributed by atoms with Gasteiger partial charge in [0.2, 0.25) is 0 Å². The van der Waals surface area contributed by atoms with Crippen LogP contribution in [0.15, 0.2) is 29.3 Å². The topological polar surface area (TPSA) is 38.7 Å². The fourth-order valence-electron chi connectivity index (χ4n) is 1.37. The highest BCUT2D eigenvalue weighted by Crippen LogP contribution is 2.16. The van der Waals surface area contributed by atoms with Gasteiger partial charge in [-0.25, -0.2) is 4.79 Å². The van der Waals surface area contributed by atoms with Gasteiger partial charge in [0, 0.05) is 0 Å². The maximum absolute atomic E-state index is 11.1. The summed E-state index contributed by atoms with van der Waals surface area (Å²) in [5.41, 5.74) is 2.29. The molecule has 1 rings (SSSR count). The number of ether oxygens (including phenoxy) is 1. The van der Waals surface area contributed by atoms with Crippen LogP contribution in [0.2, 0.25) is 0 Å². The van der Waals surface area contributed by atoms with E-state index in [1.165, 1.54) is 11.8 Å². The highest BCUT2D eigenvalue weighted by Gasteiger charge is 2.03. The maximum Gasteiger partial charge on any atom is 0.348 e. The van der Waals surface area contributed by atoms with Crippen molar-refractivity contribution in [1.82, 2.24) is 0 Å². The summed E-state index contributed by atoms with van der Waals surface area (Å²) in [5, 5.41) is 0. The molecule has 0 heterocycles. The third-order valence-electron chi connectivity index (χ3n) is 2.21. The first-order chi connectivity index (χ1) is 7.63. The van der Waals surface area contributed by atoms with Crippen molar-refractivity contribution in [3.63, 3.8) is 0 Å². The van der Waals surface area contributed by atoms with Crippen molar-refractivity contribution in [3.05, 3.63) is 35.4 Å². The summed E-state index contributed by atoms with van der Waals surface area (Å²) in [4.78, 5) is 15.2. The van der Waals surface area contributed by atoms with Gasteiger partial charge in [-0.15, -0.1) is 0 Å². The van der Waals surface area contributed by atoms with Crippen molar-refractivity contribution in [1.29, 1.82) is 0 Å². The van der Waals surface area contributed by atoms with Crippen LogP contribution >= 0.6 is 0 Å². The number of nitrogens with zero attached hydrogens (tertiary/aromatic N) is 1. The van der Waals surface area contributed by atoms with Gasteiger partial charge in [-0.3, -0.25) is 4.99 Å². The van der Waals surface area contributed by atoms with Gasteiger partial charge < -0.3 is 4.74 Å². The molecule has 0 radical (unpaired) electrons. The zero-order valence-corrected chi connectivity index (χ0v) is 9.93. The molecule has 86 valence electrons. The van der Waals surface area contributed by atoms with Crippen LogP contribution in [-0.2, 0) is 9.53 Å². The maximum atomic E-state index is 11.1. The Hall–Kier alpha value is -1.64. The van der Waals surface area contributed by atoms with E-state index in [-0.39, 0.29) is 12.0 Å². The summed E-state index contributed by atoms with van der Waals surface area (Å²) in [5.74, 6) is -0.387. The van der Waals surface area contributed by atoms with Gasteiger partial charge in [-0.1, -0.05) is 29.8 Å². The Labute approximate surface area is 96.2 Å². The quantitative estimate of drug-likeness (QED) is 0.577. The van der Waals surface area contributed by atoms with Crippen molar-refractivity contribution >= 4 is 12.2 Å². The largest absolute Gasteiger partial charge is 0.462 e. The van der Waals surface area contributed by atoms with Gasteiger partial charge in [0.05, 0.1) is 12.6 Å². The highest BCUT2D eigenvalue weighted by molar-refractivity contribution is 6.23. The van der Waals surface area contributed by atoms with Gasteiger partial charge in [-0.2, -0.15) is 0 Å². The average molecular weight is 219 g/mol. The lowest BCUT2D eigenvalue weighted by Gasteiger charge is -2.06. The van der Waals surface area contributed by atoms with E-state index in [1.807, 2.05) is 32.0 Å². The first-order valence-corrected chi connectivity index (χ1v) is 5.40. The molecule has 0 unspecified atom stereocenters. The Bertz CT molecular complexity index is 385. The van der Waals surface area contributed by atoms with Crippen LogP contribution in [0.4, 0.5) is 0 Å². The van der Waals surface area contributed by atoms with Crippen molar-refractivity contribution in [2.75, 3.05) is 6.61 Å². The van der Waals surface area contributed by atoms with Gasteiger partial charge >= 0.3 is 5.97 Å². The van der Waals surface area contributed by atoms with Crippen molar-refractivity contribution in [3.8, 4) is 0 Å². The smallest absolute Gasteiger partial charge is 0.348 e. The molecule has 0 N–H and O–H groups in total. The van der Waals surface area contributed by atoms with Crippen molar-refractivity contribution in [2.24, 2.45) is 4.99 Å². The van der Waals surface area contributed by atoms with Crippen LogP contribution in [0.3, 0.4) is 0 Å². The standard InChI is InChI=1S/C13H17NO2/c1-4-16-13(15)9-14-11(3)12-7-5-6-10(2)8-12/h5-9,11H,4H2,1-3H3/b14-9+/t11-/m1/s1. The normalized spacial score (nSPS) is 12.7. The fourth-order valence-corrected chi connectivity index (χ4v) is 1.37. The Morgan fingerprint density at radius 1 is 1.56 bits per heavy atom. The molecule has 3 nitrogen and oxygen atoms in total. The molecule has 0 fully saturated rings. The van der Waals surface area contributed by atoms with Crippen LogP contribution in [-0.4, -0.2) is 18.8 Å². The zero-order valence-electron chi connectivity index (χ0n) is 9.93. The molecule has 3 heteroatoms. The van der Waals surface area contributed by atoms with Crippen LogP contribution in [0.25, 0.3) is 0 Å². The second-order valence-corrected chi connectivity index (χ2v) is 3.62. The lowest BCUT2D eigenvalue weighted by Crippen LogP contribution is -2.05. The Morgan fingerprint density at radius 2 is 2.31 bits per heavy atom. The number of hydrogen-bond acceptors (Lipinski definition) is 3. The Kier molecular flexibility index (Phi) is 4.70. The van der Waals surface area contributed by atoms with Crippen LogP contribution in [0.5, 0.6) is 0 Å². The van der Waals surface area contributed by atoms with Crippen LogP contribution < -0.4 is 0 Å². The summed E-state index contributed by atoms with van der Waals surface area (Å²) in [6.07, 6.45) is 1.25. The minimum atomic E-state index is -0.387. The van der Waals surface area contributed by atoms with Gasteiger partial charge in [0.25, 0.3) is 0 Å². The fraction of sp³-hybridized carbons (Fsp3) is 0.385. The van der Waals surface area contributed by atoms with E-state index in [1.54, 1.807) is 6.92 Å². The molecule has 0 aromatic heterocycles. The number of hydrogen-bond donors (Lipinski definition) is 0. The summed E-state index contributed by atoms with van der Waals surface area (Å²) in [6, 6.07) is 8.06. The first kappa shape index (κ1) is 12.4. The van der Waals surface area contributed by atoms with E-state index in [2.05, 4.69) is 11.1 Å². The lowest BCUT2D eigenvalue weighted by molar-refractivity contribution is -0.134. The number of carbonyl (C=O) groups excluding carboxylic acids is 1. The molecule has 0 saturated heterocycles. The SMILES string of the molecule is CCOC(=O)/C=N/[C@H](C)c1cccc(C)c1. The predicted octanol–water partition coefficient (Wildman–Crippen LogP) is 2.69. The summed E-state index contributed by atoms with van der Waals surface area (Å²) in [6.45, 7) is 6.13. The zero-order chi connectivity index (χ0) is 12.0. The minimum Gasteiger partial charge on any atom is -0.462 e. The molecule has 0 amide bonds. The van der Waals surface area contributed by atoms with Gasteiger partial charge in [0.15, 0.2) is 0 Å². The molecule has 0 aliphatic carbocycles. The number of carbonyl (C=O) groups is 1. The third kappa shape index (κ3) is 3.85. The first-order valence-electron chi connectivity index (χ1n) is 5.40. The minimum absolute atomic E-state index is 0.0238. The van der Waals surface area contributed by atoms with Crippen molar-refractivity contribution < 1.29 is 9.53 Å². The van der Waals surface area contributed by atoms with E-state index >= 15 is 0 Å². The predicted molar refractivity (Wildman–Crippen MR) is 64.7 cm³/mol. The van der Waals surface area contributed by atoms with Gasteiger partial charge in [0.1, 0.15) is 6.21 Å². The summed E-state index contributed by atoms with van der Waals surface area (Å²) in [7, 11) is 0. The second kappa shape index (κ2) is 6.05. The molecule has 1 aromatic carbocycles. The molecular formula is C13H17NO2. The molecule has 0 saturated carbocycles. The molecule has 1 atom stereocenters. The van der Waals surface area contributed by atoms with E-state index in [4.69, 9.17) is 4.74 Å². The number of rotatable bonds is 4. The second-order valence-electron chi connectivity index (χ2n) is 3.62. The molecular weight excluding hydrogens is 202 g/mol. The number of aryl methyl sites for hydroxylation is 1. The van der Waals surface area contributed by atoms with Crippen molar-refractivity contribution in [2.45, 2.75) is 26.8 Å². The Morgan fingerprint density at radius 3 is 2.94 bits per heavy atom. The van der Waals surface area contributed by atoms with E-state index in [9.17, 15) is 4.79 Å². The summed E-state index contributed by atoms with van der Waals surface area (Å²) >= 11 is 0. The Balaban J connectivity index is 2.65. The monoisotopic (exact) mass is 219 g/mol. The molecule has 16 heavy (non-hydrogen) atoms. The molecule has 0 aliphatic heterocycles. The average Bonchev–Trinajstić information content (AvgIpc) is 2.26. The van der Waals surface area contributed by atoms with Gasteiger partial charge in [-0.05, 0) is 26.3 Å². The molecule has 0 spiro atoms. The molecule has 1 aromatic rings. The van der Waals surface area contributed by atoms with E-state index < -0.39 is 0 Å². The third-order valence-corrected chi connectivity index (χ3v) is 2.21. The molecule has 0 bridgehead atoms. The highest BCUT2D eigenvalue weighted by atomic mass is 16.5. The molecule has 0 aliphatic rings.